The Morgan fingerprint density at radius 1 is 1.20 bits per heavy atom. The zero-order valence-electron chi connectivity index (χ0n) is 13.5. The lowest BCUT2D eigenvalue weighted by molar-refractivity contribution is 0.248. The minimum absolute atomic E-state index is 0.135. The monoisotopic (exact) mass is 275 g/mol. The minimum Gasteiger partial charge on any atom is -0.493 e. The van der Waals surface area contributed by atoms with E-state index in [1.54, 1.807) is 0 Å². The second-order valence-corrected chi connectivity index (χ2v) is 7.08. The third-order valence-electron chi connectivity index (χ3n) is 4.19. The number of benzene rings is 1. The van der Waals surface area contributed by atoms with Gasteiger partial charge in [0, 0.05) is 0 Å². The van der Waals surface area contributed by atoms with Gasteiger partial charge in [-0.2, -0.15) is 0 Å². The maximum absolute atomic E-state index is 6.10. The third kappa shape index (κ3) is 4.24. The molecule has 0 bridgehead atoms. The van der Waals surface area contributed by atoms with E-state index in [0.29, 0.717) is 0 Å². The molecular weight excluding hydrogens is 246 g/mol. The number of ether oxygens (including phenoxy) is 1. The smallest absolute Gasteiger partial charge is 0.123 e. The summed E-state index contributed by atoms with van der Waals surface area (Å²) in [6, 6.07) is 6.55. The van der Waals surface area contributed by atoms with Crippen molar-refractivity contribution in [3.8, 4) is 5.75 Å². The van der Waals surface area contributed by atoms with E-state index >= 15 is 0 Å². The first kappa shape index (κ1) is 15.4. The molecule has 1 heterocycles. The standard InChI is InChI=1S/C18H29NO/c1-14-5-6-17(16(13-14)18(2,3)4)20-12-9-15-7-10-19-11-8-15/h5-6,13,15,19H,7-12H2,1-4H3. The highest BCUT2D eigenvalue weighted by atomic mass is 16.5. The van der Waals surface area contributed by atoms with Crippen LogP contribution in [0.15, 0.2) is 18.2 Å². The van der Waals surface area contributed by atoms with Crippen LogP contribution in [-0.2, 0) is 5.41 Å². The fourth-order valence-corrected chi connectivity index (χ4v) is 2.86. The zero-order valence-corrected chi connectivity index (χ0v) is 13.5. The van der Waals surface area contributed by atoms with Crippen LogP contribution < -0.4 is 10.1 Å². The van der Waals surface area contributed by atoms with Gasteiger partial charge in [0.05, 0.1) is 6.61 Å². The molecule has 2 rings (SSSR count). The Balaban J connectivity index is 1.95. The average molecular weight is 275 g/mol. The quantitative estimate of drug-likeness (QED) is 0.894. The molecule has 0 saturated carbocycles. The third-order valence-corrected chi connectivity index (χ3v) is 4.19. The molecule has 0 atom stereocenters. The predicted molar refractivity (Wildman–Crippen MR) is 85.6 cm³/mol. The van der Waals surface area contributed by atoms with Crippen LogP contribution in [0.3, 0.4) is 0 Å². The summed E-state index contributed by atoms with van der Waals surface area (Å²) in [5, 5.41) is 3.42. The number of hydrogen-bond acceptors (Lipinski definition) is 2. The van der Waals surface area contributed by atoms with Crippen LogP contribution in [0.2, 0.25) is 0 Å². The van der Waals surface area contributed by atoms with Crippen LogP contribution in [0.25, 0.3) is 0 Å². The van der Waals surface area contributed by atoms with E-state index in [2.05, 4.69) is 51.2 Å². The molecule has 0 amide bonds. The van der Waals surface area contributed by atoms with E-state index in [1.165, 1.54) is 43.5 Å². The molecule has 0 radical (unpaired) electrons. The molecule has 1 N–H and O–H groups in total. The van der Waals surface area contributed by atoms with Crippen molar-refractivity contribution < 1.29 is 4.74 Å². The summed E-state index contributed by atoms with van der Waals surface area (Å²) in [6.45, 7) is 12.1. The largest absolute Gasteiger partial charge is 0.493 e. The van der Waals surface area contributed by atoms with Crippen molar-refractivity contribution in [1.29, 1.82) is 0 Å². The lowest BCUT2D eigenvalue weighted by Crippen LogP contribution is -2.28. The summed E-state index contributed by atoms with van der Waals surface area (Å²) in [7, 11) is 0. The SMILES string of the molecule is Cc1ccc(OCCC2CCNCC2)c(C(C)(C)C)c1. The molecular formula is C18H29NO. The molecule has 20 heavy (non-hydrogen) atoms. The first-order valence-corrected chi connectivity index (χ1v) is 7.91. The number of piperidine rings is 1. The van der Waals surface area contributed by atoms with Gasteiger partial charge in [-0.3, -0.25) is 0 Å². The van der Waals surface area contributed by atoms with E-state index < -0.39 is 0 Å². The molecule has 0 spiro atoms. The van der Waals surface area contributed by atoms with Crippen molar-refractivity contribution in [3.63, 3.8) is 0 Å². The molecule has 112 valence electrons. The first-order chi connectivity index (χ1) is 9.47. The molecule has 2 heteroatoms. The molecule has 1 aromatic rings. The van der Waals surface area contributed by atoms with Crippen molar-refractivity contribution >= 4 is 0 Å². The summed E-state index contributed by atoms with van der Waals surface area (Å²) in [6.07, 6.45) is 3.77. The van der Waals surface area contributed by atoms with Gasteiger partial charge in [0.2, 0.25) is 0 Å². The van der Waals surface area contributed by atoms with E-state index in [1.807, 2.05) is 0 Å². The summed E-state index contributed by atoms with van der Waals surface area (Å²) in [5.41, 5.74) is 2.76. The van der Waals surface area contributed by atoms with Crippen molar-refractivity contribution in [2.24, 2.45) is 5.92 Å². The molecule has 0 unspecified atom stereocenters. The van der Waals surface area contributed by atoms with E-state index in [4.69, 9.17) is 4.74 Å². The minimum atomic E-state index is 0.135. The Morgan fingerprint density at radius 3 is 2.55 bits per heavy atom. The van der Waals surface area contributed by atoms with Gasteiger partial charge in [-0.15, -0.1) is 0 Å². The van der Waals surface area contributed by atoms with Crippen LogP contribution in [0.1, 0.15) is 51.2 Å². The summed E-state index contributed by atoms with van der Waals surface area (Å²) >= 11 is 0. The van der Waals surface area contributed by atoms with E-state index in [0.717, 1.165) is 18.3 Å². The summed E-state index contributed by atoms with van der Waals surface area (Å²) in [5.74, 6) is 1.90. The van der Waals surface area contributed by atoms with Gasteiger partial charge in [-0.25, -0.2) is 0 Å². The summed E-state index contributed by atoms with van der Waals surface area (Å²) in [4.78, 5) is 0. The molecule has 1 aromatic carbocycles. The number of hydrogen-bond donors (Lipinski definition) is 1. The van der Waals surface area contributed by atoms with Gasteiger partial charge in [-0.05, 0) is 62.2 Å². The van der Waals surface area contributed by atoms with Crippen LogP contribution in [-0.4, -0.2) is 19.7 Å². The predicted octanol–water partition coefficient (Wildman–Crippen LogP) is 4.06. The normalized spacial score (nSPS) is 17.2. The van der Waals surface area contributed by atoms with Crippen molar-refractivity contribution in [2.45, 2.75) is 52.4 Å². The molecule has 1 aliphatic rings. The molecule has 1 saturated heterocycles. The molecule has 0 aromatic heterocycles. The Bertz CT molecular complexity index is 428. The van der Waals surface area contributed by atoms with Crippen LogP contribution in [0.4, 0.5) is 0 Å². The van der Waals surface area contributed by atoms with Gasteiger partial charge in [0.25, 0.3) is 0 Å². The summed E-state index contributed by atoms with van der Waals surface area (Å²) < 4.78 is 6.10. The van der Waals surface area contributed by atoms with Gasteiger partial charge >= 0.3 is 0 Å². The lowest BCUT2D eigenvalue weighted by atomic mass is 9.85. The maximum atomic E-state index is 6.10. The van der Waals surface area contributed by atoms with Gasteiger partial charge in [-0.1, -0.05) is 38.5 Å². The zero-order chi connectivity index (χ0) is 14.6. The Labute approximate surface area is 123 Å². The number of nitrogens with one attached hydrogen (secondary N) is 1. The van der Waals surface area contributed by atoms with Gasteiger partial charge in [0.1, 0.15) is 5.75 Å². The Hall–Kier alpha value is -1.02. The van der Waals surface area contributed by atoms with Crippen molar-refractivity contribution in [1.82, 2.24) is 5.32 Å². The number of aryl methyl sites for hydroxylation is 1. The van der Waals surface area contributed by atoms with Gasteiger partial charge < -0.3 is 10.1 Å². The van der Waals surface area contributed by atoms with E-state index in [-0.39, 0.29) is 5.41 Å². The van der Waals surface area contributed by atoms with Crippen LogP contribution in [0.5, 0.6) is 5.75 Å². The second kappa shape index (κ2) is 6.62. The molecule has 0 aliphatic carbocycles. The van der Waals surface area contributed by atoms with Crippen molar-refractivity contribution in [3.05, 3.63) is 29.3 Å². The van der Waals surface area contributed by atoms with Crippen molar-refractivity contribution in [2.75, 3.05) is 19.7 Å². The average Bonchev–Trinajstić information content (AvgIpc) is 2.40. The molecule has 2 nitrogen and oxygen atoms in total. The maximum Gasteiger partial charge on any atom is 0.123 e. The lowest BCUT2D eigenvalue weighted by Gasteiger charge is -2.25. The highest BCUT2D eigenvalue weighted by Gasteiger charge is 2.19. The van der Waals surface area contributed by atoms with Gasteiger partial charge in [0.15, 0.2) is 0 Å². The highest BCUT2D eigenvalue weighted by Crippen LogP contribution is 2.32. The first-order valence-electron chi connectivity index (χ1n) is 7.91. The van der Waals surface area contributed by atoms with E-state index in [9.17, 15) is 0 Å². The topological polar surface area (TPSA) is 21.3 Å². The molecule has 1 fully saturated rings. The fraction of sp³-hybridized carbons (Fsp3) is 0.667. The Morgan fingerprint density at radius 2 is 1.90 bits per heavy atom. The second-order valence-electron chi connectivity index (χ2n) is 7.08. The van der Waals surface area contributed by atoms with Crippen LogP contribution >= 0.6 is 0 Å². The Kier molecular flexibility index (Phi) is 5.09. The van der Waals surface area contributed by atoms with Crippen LogP contribution in [0, 0.1) is 12.8 Å². The molecule has 1 aliphatic heterocycles. The number of rotatable bonds is 4. The highest BCUT2D eigenvalue weighted by molar-refractivity contribution is 5.41. The fourth-order valence-electron chi connectivity index (χ4n) is 2.86.